The highest BCUT2D eigenvalue weighted by Crippen LogP contribution is 2.28. The van der Waals surface area contributed by atoms with Gasteiger partial charge in [-0.2, -0.15) is 0 Å². The van der Waals surface area contributed by atoms with E-state index in [4.69, 9.17) is 32.7 Å². The van der Waals surface area contributed by atoms with Gasteiger partial charge in [-0.15, -0.1) is 0 Å². The summed E-state index contributed by atoms with van der Waals surface area (Å²) >= 11 is 12.1. The molecule has 0 aromatic heterocycles. The number of ether oxygens (including phenoxy) is 2. The van der Waals surface area contributed by atoms with E-state index in [-0.39, 0.29) is 21.8 Å². The maximum Gasteiger partial charge on any atom is 0.341 e. The molecule has 0 saturated heterocycles. The number of hydrogen-bond acceptors (Lipinski definition) is 5. The number of benzene rings is 4. The number of carbonyl (C=O) groups is 3. The van der Waals surface area contributed by atoms with Crippen LogP contribution in [0.4, 0.5) is 5.69 Å². The highest BCUT2D eigenvalue weighted by Gasteiger charge is 2.28. The second-order valence-electron chi connectivity index (χ2n) is 7.91. The van der Waals surface area contributed by atoms with Gasteiger partial charge in [0.25, 0.3) is 5.91 Å². The van der Waals surface area contributed by atoms with Crippen molar-refractivity contribution in [3.05, 3.63) is 129 Å². The molecule has 0 saturated carbocycles. The highest BCUT2D eigenvalue weighted by molar-refractivity contribution is 6.37. The van der Waals surface area contributed by atoms with Gasteiger partial charge >= 0.3 is 5.97 Å². The molecule has 0 bridgehead atoms. The number of methoxy groups -OCH3 is 1. The van der Waals surface area contributed by atoms with E-state index in [2.05, 4.69) is 5.32 Å². The fourth-order valence-electron chi connectivity index (χ4n) is 3.61. The van der Waals surface area contributed by atoms with Crippen LogP contribution >= 0.6 is 23.2 Å². The molecular formula is C29H21Cl2NO5. The van der Waals surface area contributed by atoms with Crippen molar-refractivity contribution in [1.29, 1.82) is 0 Å². The largest absolute Gasteiger partial charge is 0.497 e. The maximum atomic E-state index is 13.4. The average molecular weight is 534 g/mol. The molecule has 4 aromatic rings. The number of hydrogen-bond donors (Lipinski definition) is 1. The number of ketones is 1. The SMILES string of the molecule is COc1ccc(C(=O)[C@@H](OC(=O)c2ccccc2NC(=O)c2ccc(Cl)cc2Cl)c2ccccc2)cc1. The van der Waals surface area contributed by atoms with Crippen LogP contribution in [0, 0.1) is 0 Å². The normalized spacial score (nSPS) is 11.3. The summed E-state index contributed by atoms with van der Waals surface area (Å²) in [5.74, 6) is -1.13. The van der Waals surface area contributed by atoms with Gasteiger partial charge in [0.05, 0.1) is 28.9 Å². The lowest BCUT2D eigenvalue weighted by Crippen LogP contribution is -2.22. The summed E-state index contributed by atoms with van der Waals surface area (Å²) in [5.41, 5.74) is 1.32. The van der Waals surface area contributed by atoms with Crippen LogP contribution in [0.2, 0.25) is 10.0 Å². The number of Topliss-reactive ketones (excluding diaryl/α,β-unsaturated/α-hetero) is 1. The molecule has 0 radical (unpaired) electrons. The molecule has 1 atom stereocenters. The molecule has 4 aromatic carbocycles. The van der Waals surface area contributed by atoms with Crippen LogP contribution in [0.3, 0.4) is 0 Å². The number of para-hydroxylation sites is 1. The van der Waals surface area contributed by atoms with E-state index < -0.39 is 23.8 Å². The first kappa shape index (κ1) is 25.9. The summed E-state index contributed by atoms with van der Waals surface area (Å²) in [6.07, 6.45) is -1.21. The van der Waals surface area contributed by atoms with E-state index >= 15 is 0 Å². The third-order valence-electron chi connectivity index (χ3n) is 5.51. The van der Waals surface area contributed by atoms with Crippen molar-refractivity contribution in [2.45, 2.75) is 6.10 Å². The van der Waals surface area contributed by atoms with Crippen LogP contribution in [0.15, 0.2) is 97.1 Å². The Balaban J connectivity index is 1.61. The molecule has 1 amide bonds. The lowest BCUT2D eigenvalue weighted by atomic mass is 9.99. The minimum atomic E-state index is -1.21. The van der Waals surface area contributed by atoms with Gasteiger partial charge in [-0.3, -0.25) is 9.59 Å². The van der Waals surface area contributed by atoms with Crippen LogP contribution in [-0.4, -0.2) is 24.8 Å². The smallest absolute Gasteiger partial charge is 0.341 e. The molecule has 0 aliphatic carbocycles. The summed E-state index contributed by atoms with van der Waals surface area (Å²) < 4.78 is 10.9. The Hall–Kier alpha value is -4.13. The Kier molecular flexibility index (Phi) is 8.23. The molecule has 0 aliphatic heterocycles. The number of rotatable bonds is 8. The third-order valence-corrected chi connectivity index (χ3v) is 6.06. The minimum Gasteiger partial charge on any atom is -0.497 e. The van der Waals surface area contributed by atoms with Crippen LogP contribution < -0.4 is 10.1 Å². The molecule has 1 N–H and O–H groups in total. The van der Waals surface area contributed by atoms with Crippen LogP contribution in [0.5, 0.6) is 5.75 Å². The molecule has 0 fully saturated rings. The van der Waals surface area contributed by atoms with Crippen LogP contribution in [0.25, 0.3) is 0 Å². The average Bonchev–Trinajstić information content (AvgIpc) is 2.92. The van der Waals surface area contributed by atoms with Crippen molar-refractivity contribution in [3.63, 3.8) is 0 Å². The van der Waals surface area contributed by atoms with Crippen molar-refractivity contribution in [1.82, 2.24) is 0 Å². The van der Waals surface area contributed by atoms with E-state index in [1.807, 2.05) is 0 Å². The lowest BCUT2D eigenvalue weighted by Gasteiger charge is -2.19. The first-order valence-corrected chi connectivity index (χ1v) is 11.9. The standard InChI is InChI=1S/C29H21Cl2NO5/c1-36-21-14-11-18(12-15-21)26(33)27(19-7-3-2-4-8-19)37-29(35)23-9-5-6-10-25(23)32-28(34)22-16-13-20(30)17-24(22)31/h2-17,27H,1H3,(H,32,34)/t27-/m0/s1. The monoisotopic (exact) mass is 533 g/mol. The van der Waals surface area contributed by atoms with Gasteiger partial charge < -0.3 is 14.8 Å². The predicted octanol–water partition coefficient (Wildman–Crippen LogP) is 7.04. The first-order chi connectivity index (χ1) is 17.9. The number of anilines is 1. The van der Waals surface area contributed by atoms with Crippen molar-refractivity contribution in [2.75, 3.05) is 12.4 Å². The van der Waals surface area contributed by atoms with Gasteiger partial charge in [-0.25, -0.2) is 4.79 Å². The molecule has 0 spiro atoms. The summed E-state index contributed by atoms with van der Waals surface area (Å²) in [7, 11) is 1.53. The zero-order chi connectivity index (χ0) is 26.4. The molecule has 0 unspecified atom stereocenters. The topological polar surface area (TPSA) is 81.7 Å². The Morgan fingerprint density at radius 3 is 2.14 bits per heavy atom. The molecule has 4 rings (SSSR count). The van der Waals surface area contributed by atoms with E-state index in [1.165, 1.54) is 31.4 Å². The second kappa shape index (κ2) is 11.7. The van der Waals surface area contributed by atoms with Gasteiger partial charge in [-0.1, -0.05) is 65.7 Å². The van der Waals surface area contributed by atoms with E-state index in [0.717, 1.165) is 0 Å². The molecular weight excluding hydrogens is 513 g/mol. The number of nitrogens with one attached hydrogen (secondary N) is 1. The lowest BCUT2D eigenvalue weighted by molar-refractivity contribution is 0.0281. The molecule has 0 heterocycles. The number of esters is 1. The van der Waals surface area contributed by atoms with Gasteiger partial charge in [-0.05, 0) is 54.6 Å². The third kappa shape index (κ3) is 6.17. The number of halogens is 2. The molecule has 8 heteroatoms. The fraction of sp³-hybridized carbons (Fsp3) is 0.0690. The Morgan fingerprint density at radius 1 is 0.784 bits per heavy atom. The zero-order valence-corrected chi connectivity index (χ0v) is 21.1. The Morgan fingerprint density at radius 2 is 1.46 bits per heavy atom. The number of carbonyl (C=O) groups excluding carboxylic acids is 3. The molecule has 6 nitrogen and oxygen atoms in total. The van der Waals surface area contributed by atoms with E-state index in [1.54, 1.807) is 72.8 Å². The van der Waals surface area contributed by atoms with Crippen molar-refractivity contribution in [2.24, 2.45) is 0 Å². The minimum absolute atomic E-state index is 0.0735. The second-order valence-corrected chi connectivity index (χ2v) is 8.76. The summed E-state index contributed by atoms with van der Waals surface area (Å²) in [6.45, 7) is 0. The summed E-state index contributed by atoms with van der Waals surface area (Å²) in [6, 6.07) is 26.1. The van der Waals surface area contributed by atoms with Crippen LogP contribution in [-0.2, 0) is 4.74 Å². The highest BCUT2D eigenvalue weighted by atomic mass is 35.5. The van der Waals surface area contributed by atoms with Gasteiger partial charge in [0.15, 0.2) is 6.10 Å². The quantitative estimate of drug-likeness (QED) is 0.194. The predicted molar refractivity (Wildman–Crippen MR) is 143 cm³/mol. The summed E-state index contributed by atoms with van der Waals surface area (Å²) in [4.78, 5) is 39.6. The van der Waals surface area contributed by atoms with Crippen LogP contribution in [0.1, 0.15) is 42.7 Å². The number of amides is 1. The van der Waals surface area contributed by atoms with Gasteiger partial charge in [0.1, 0.15) is 5.75 Å². The van der Waals surface area contributed by atoms with Gasteiger partial charge in [0, 0.05) is 16.1 Å². The Bertz CT molecular complexity index is 1440. The van der Waals surface area contributed by atoms with Crippen molar-refractivity contribution >= 4 is 46.5 Å². The first-order valence-electron chi connectivity index (χ1n) is 11.2. The van der Waals surface area contributed by atoms with Crippen molar-refractivity contribution in [3.8, 4) is 5.75 Å². The fourth-order valence-corrected chi connectivity index (χ4v) is 4.11. The zero-order valence-electron chi connectivity index (χ0n) is 19.6. The van der Waals surface area contributed by atoms with Gasteiger partial charge in [0.2, 0.25) is 5.78 Å². The summed E-state index contributed by atoms with van der Waals surface area (Å²) in [5, 5.41) is 3.24. The Labute approximate surface area is 223 Å². The molecule has 186 valence electrons. The van der Waals surface area contributed by atoms with Crippen molar-refractivity contribution < 1.29 is 23.9 Å². The molecule has 37 heavy (non-hydrogen) atoms. The maximum absolute atomic E-state index is 13.4. The molecule has 0 aliphatic rings. The van der Waals surface area contributed by atoms with E-state index in [0.29, 0.717) is 21.9 Å². The van der Waals surface area contributed by atoms with E-state index in [9.17, 15) is 14.4 Å².